The van der Waals surface area contributed by atoms with Crippen molar-refractivity contribution in [2.75, 3.05) is 38.2 Å². The van der Waals surface area contributed by atoms with Gasteiger partial charge in [0.25, 0.3) is 11.8 Å². The summed E-state index contributed by atoms with van der Waals surface area (Å²) < 4.78 is 53.1. The van der Waals surface area contributed by atoms with Crippen LogP contribution in [0, 0.1) is 0 Å². The minimum absolute atomic E-state index is 0.0211. The molecule has 0 spiro atoms. The van der Waals surface area contributed by atoms with Crippen LogP contribution < -0.4 is 19.5 Å². The minimum Gasteiger partial charge on any atom is -0.490 e. The first-order valence-electron chi connectivity index (χ1n) is 11.0. The molecule has 1 aliphatic rings. The van der Waals surface area contributed by atoms with Crippen LogP contribution in [-0.2, 0) is 4.79 Å². The van der Waals surface area contributed by atoms with Crippen LogP contribution in [0.4, 0.5) is 18.9 Å². The second-order valence-corrected chi connectivity index (χ2v) is 7.71. The molecular formula is C24H27F3N2O5. The van der Waals surface area contributed by atoms with E-state index in [2.05, 4.69) is 5.32 Å². The van der Waals surface area contributed by atoms with Gasteiger partial charge >= 0.3 is 6.18 Å². The number of anilines is 1. The molecule has 1 saturated heterocycles. The number of alkyl halides is 3. The maximum absolute atomic E-state index is 12.7. The third-order valence-corrected chi connectivity index (χ3v) is 5.06. The van der Waals surface area contributed by atoms with Gasteiger partial charge in [0, 0.05) is 30.4 Å². The Labute approximate surface area is 195 Å². The van der Waals surface area contributed by atoms with Gasteiger partial charge in [-0.2, -0.15) is 13.2 Å². The molecule has 7 nitrogen and oxygen atoms in total. The van der Waals surface area contributed by atoms with Gasteiger partial charge in [-0.1, -0.05) is 6.07 Å². The Morgan fingerprint density at radius 3 is 2.44 bits per heavy atom. The highest BCUT2D eigenvalue weighted by atomic mass is 19.4. The van der Waals surface area contributed by atoms with Crippen LogP contribution in [-0.4, -0.2) is 55.8 Å². The Morgan fingerprint density at radius 2 is 1.74 bits per heavy atom. The fourth-order valence-corrected chi connectivity index (χ4v) is 3.44. The van der Waals surface area contributed by atoms with Gasteiger partial charge in [0.2, 0.25) is 0 Å². The third-order valence-electron chi connectivity index (χ3n) is 5.06. The van der Waals surface area contributed by atoms with E-state index in [1.807, 2.05) is 0 Å². The SMILES string of the molecule is CCOc1cc(C(=O)Nc2cccc(OCC(F)(F)F)c2)ccc1OCC(=O)N1CCCCC1. The Kier molecular flexibility index (Phi) is 8.61. The molecule has 10 heteroatoms. The number of hydrogen-bond acceptors (Lipinski definition) is 5. The Hall–Kier alpha value is -3.43. The van der Waals surface area contributed by atoms with Gasteiger partial charge in [-0.05, 0) is 56.5 Å². The molecule has 3 rings (SSSR count). The fourth-order valence-electron chi connectivity index (χ4n) is 3.44. The lowest BCUT2D eigenvalue weighted by Crippen LogP contribution is -2.38. The number of halogens is 3. The second-order valence-electron chi connectivity index (χ2n) is 7.71. The number of nitrogens with zero attached hydrogens (tertiary/aromatic N) is 1. The number of hydrogen-bond donors (Lipinski definition) is 1. The smallest absolute Gasteiger partial charge is 0.422 e. The van der Waals surface area contributed by atoms with Crippen molar-refractivity contribution in [3.63, 3.8) is 0 Å². The first-order valence-corrected chi connectivity index (χ1v) is 11.0. The molecule has 0 atom stereocenters. The molecule has 2 aromatic rings. The van der Waals surface area contributed by atoms with Gasteiger partial charge < -0.3 is 24.4 Å². The standard InChI is InChI=1S/C24H27F3N2O5/c1-2-32-21-13-17(9-10-20(21)33-15-22(30)29-11-4-3-5-12-29)23(31)28-18-7-6-8-19(14-18)34-16-24(25,26)27/h6-10,13-14H,2-5,11-12,15-16H2,1H3,(H,28,31). The fraction of sp³-hybridized carbons (Fsp3) is 0.417. The van der Waals surface area contributed by atoms with E-state index in [9.17, 15) is 22.8 Å². The normalized spacial score (nSPS) is 13.8. The van der Waals surface area contributed by atoms with Crippen molar-refractivity contribution in [1.82, 2.24) is 4.90 Å². The minimum atomic E-state index is -4.46. The molecule has 0 unspecified atom stereocenters. The van der Waals surface area contributed by atoms with Crippen LogP contribution >= 0.6 is 0 Å². The number of likely N-dealkylation sites (tertiary alicyclic amines) is 1. The number of rotatable bonds is 9. The van der Waals surface area contributed by atoms with Gasteiger partial charge in [0.15, 0.2) is 24.7 Å². The lowest BCUT2D eigenvalue weighted by atomic mass is 10.1. The molecule has 0 aliphatic carbocycles. The number of piperidine rings is 1. The Balaban J connectivity index is 1.64. The maximum atomic E-state index is 12.7. The van der Waals surface area contributed by atoms with Gasteiger partial charge in [-0.3, -0.25) is 9.59 Å². The van der Waals surface area contributed by atoms with E-state index in [1.165, 1.54) is 36.4 Å². The van der Waals surface area contributed by atoms with Crippen molar-refractivity contribution in [2.45, 2.75) is 32.4 Å². The van der Waals surface area contributed by atoms with Crippen molar-refractivity contribution < 1.29 is 37.0 Å². The summed E-state index contributed by atoms with van der Waals surface area (Å²) in [6, 6.07) is 10.2. The molecule has 1 heterocycles. The summed E-state index contributed by atoms with van der Waals surface area (Å²) in [4.78, 5) is 26.8. The van der Waals surface area contributed by atoms with Gasteiger partial charge in [0.1, 0.15) is 5.75 Å². The van der Waals surface area contributed by atoms with Crippen molar-refractivity contribution in [3.8, 4) is 17.2 Å². The summed E-state index contributed by atoms with van der Waals surface area (Å²) in [6.45, 7) is 1.99. The second kappa shape index (κ2) is 11.6. The highest BCUT2D eigenvalue weighted by molar-refractivity contribution is 6.04. The van der Waals surface area contributed by atoms with Gasteiger partial charge in [-0.15, -0.1) is 0 Å². The molecule has 0 bridgehead atoms. The van der Waals surface area contributed by atoms with Gasteiger partial charge in [0.05, 0.1) is 6.61 Å². The number of carbonyl (C=O) groups is 2. The van der Waals surface area contributed by atoms with Crippen LogP contribution in [0.3, 0.4) is 0 Å². The lowest BCUT2D eigenvalue weighted by Gasteiger charge is -2.26. The molecule has 1 fully saturated rings. The first-order chi connectivity index (χ1) is 16.2. The van der Waals surface area contributed by atoms with E-state index < -0.39 is 18.7 Å². The molecular weight excluding hydrogens is 453 g/mol. The summed E-state index contributed by atoms with van der Waals surface area (Å²) >= 11 is 0. The van der Waals surface area contributed by atoms with Crippen molar-refractivity contribution >= 4 is 17.5 Å². The molecule has 1 aliphatic heterocycles. The molecule has 2 aromatic carbocycles. The zero-order valence-corrected chi connectivity index (χ0v) is 18.8. The van der Waals surface area contributed by atoms with E-state index in [0.717, 1.165) is 32.4 Å². The summed E-state index contributed by atoms with van der Waals surface area (Å²) in [5, 5.41) is 2.62. The Morgan fingerprint density at radius 1 is 0.971 bits per heavy atom. The molecule has 1 N–H and O–H groups in total. The zero-order chi connectivity index (χ0) is 24.6. The number of amides is 2. The number of benzene rings is 2. The average molecular weight is 480 g/mol. The van der Waals surface area contributed by atoms with Crippen LogP contribution in [0.25, 0.3) is 0 Å². The largest absolute Gasteiger partial charge is 0.490 e. The third kappa shape index (κ3) is 7.57. The highest BCUT2D eigenvalue weighted by Gasteiger charge is 2.28. The highest BCUT2D eigenvalue weighted by Crippen LogP contribution is 2.29. The molecule has 184 valence electrons. The van der Waals surface area contributed by atoms with Crippen LogP contribution in [0.1, 0.15) is 36.5 Å². The van der Waals surface area contributed by atoms with Crippen molar-refractivity contribution in [1.29, 1.82) is 0 Å². The number of nitrogens with one attached hydrogen (secondary N) is 1. The van der Waals surface area contributed by atoms with Crippen LogP contribution in [0.2, 0.25) is 0 Å². The quantitative estimate of drug-likeness (QED) is 0.565. The molecule has 0 saturated carbocycles. The summed E-state index contributed by atoms with van der Waals surface area (Å²) in [5.41, 5.74) is 0.523. The number of carbonyl (C=O) groups excluding carboxylic acids is 2. The maximum Gasteiger partial charge on any atom is 0.422 e. The predicted molar refractivity (Wildman–Crippen MR) is 119 cm³/mol. The zero-order valence-electron chi connectivity index (χ0n) is 18.8. The average Bonchev–Trinajstić information content (AvgIpc) is 2.82. The first kappa shape index (κ1) is 25.2. The van der Waals surface area contributed by atoms with E-state index in [4.69, 9.17) is 14.2 Å². The van der Waals surface area contributed by atoms with Crippen molar-refractivity contribution in [2.24, 2.45) is 0 Å². The molecule has 0 radical (unpaired) electrons. The monoisotopic (exact) mass is 480 g/mol. The summed E-state index contributed by atoms with van der Waals surface area (Å²) in [6.07, 6.45) is -1.38. The predicted octanol–water partition coefficient (Wildman–Crippen LogP) is 4.67. The molecule has 0 aromatic heterocycles. The topological polar surface area (TPSA) is 77.1 Å². The van der Waals surface area contributed by atoms with Crippen LogP contribution in [0.15, 0.2) is 42.5 Å². The lowest BCUT2D eigenvalue weighted by molar-refractivity contribution is -0.153. The Bertz CT molecular complexity index is 991. The summed E-state index contributed by atoms with van der Waals surface area (Å²) in [5.74, 6) is 0.0314. The van der Waals surface area contributed by atoms with Crippen LogP contribution in [0.5, 0.6) is 17.2 Å². The van der Waals surface area contributed by atoms with Gasteiger partial charge in [-0.25, -0.2) is 0 Å². The van der Waals surface area contributed by atoms with E-state index in [1.54, 1.807) is 17.9 Å². The van der Waals surface area contributed by atoms with E-state index in [0.29, 0.717) is 18.1 Å². The van der Waals surface area contributed by atoms with E-state index in [-0.39, 0.29) is 29.5 Å². The number of ether oxygens (including phenoxy) is 3. The summed E-state index contributed by atoms with van der Waals surface area (Å²) in [7, 11) is 0. The molecule has 2 amide bonds. The molecule has 34 heavy (non-hydrogen) atoms. The van der Waals surface area contributed by atoms with Crippen molar-refractivity contribution in [3.05, 3.63) is 48.0 Å². The van der Waals surface area contributed by atoms with E-state index >= 15 is 0 Å².